The van der Waals surface area contributed by atoms with Gasteiger partial charge in [0.2, 0.25) is 5.91 Å². The molecule has 0 fully saturated rings. The lowest BCUT2D eigenvalue weighted by Crippen LogP contribution is -2.41. The Kier molecular flexibility index (Phi) is 7.65. The standard InChI is InChI=1S/C25H28N6O/c1-5-20-10-9-12-22(15-20)29-24(32)17-28-25(26-6-2)27-16-21-11-7-8-13-23(21)31-19(4)14-18(3)30-31/h1,7-15H,6,16-17H2,2-4H3,(H,29,32)(H2,26,27,28). The number of carbonyl (C=O) groups excluding carboxylic acids is 1. The van der Waals surface area contributed by atoms with Gasteiger partial charge in [-0.25, -0.2) is 9.67 Å². The minimum absolute atomic E-state index is 0.0746. The average molecular weight is 429 g/mol. The maximum atomic E-state index is 12.4. The van der Waals surface area contributed by atoms with Crippen molar-refractivity contribution in [3.05, 3.63) is 77.1 Å². The highest BCUT2D eigenvalue weighted by molar-refractivity contribution is 5.95. The van der Waals surface area contributed by atoms with Crippen molar-refractivity contribution in [3.8, 4) is 18.0 Å². The van der Waals surface area contributed by atoms with Gasteiger partial charge in [-0.15, -0.1) is 6.42 Å². The fourth-order valence-corrected chi connectivity index (χ4v) is 3.29. The average Bonchev–Trinajstić information content (AvgIpc) is 3.13. The van der Waals surface area contributed by atoms with Gasteiger partial charge in [0.15, 0.2) is 5.96 Å². The number of anilines is 1. The van der Waals surface area contributed by atoms with Gasteiger partial charge >= 0.3 is 0 Å². The number of nitrogens with one attached hydrogen (secondary N) is 3. The summed E-state index contributed by atoms with van der Waals surface area (Å²) in [6.45, 7) is 7.18. The molecule has 0 saturated carbocycles. The predicted octanol–water partition coefficient (Wildman–Crippen LogP) is 3.16. The molecule has 32 heavy (non-hydrogen) atoms. The molecule has 1 heterocycles. The van der Waals surface area contributed by atoms with Gasteiger partial charge < -0.3 is 16.0 Å². The van der Waals surface area contributed by atoms with E-state index in [4.69, 9.17) is 6.42 Å². The van der Waals surface area contributed by atoms with Crippen LogP contribution in [-0.2, 0) is 11.3 Å². The summed E-state index contributed by atoms with van der Waals surface area (Å²) in [4.78, 5) is 17.0. The molecule has 0 unspecified atom stereocenters. The number of hydrogen-bond acceptors (Lipinski definition) is 3. The zero-order chi connectivity index (χ0) is 22.9. The van der Waals surface area contributed by atoms with Gasteiger partial charge in [0.25, 0.3) is 0 Å². The zero-order valence-electron chi connectivity index (χ0n) is 18.6. The first-order chi connectivity index (χ1) is 15.5. The van der Waals surface area contributed by atoms with Crippen LogP contribution in [0.5, 0.6) is 0 Å². The molecule has 1 aromatic heterocycles. The van der Waals surface area contributed by atoms with Crippen LogP contribution in [0, 0.1) is 26.2 Å². The molecule has 0 spiro atoms. The maximum absolute atomic E-state index is 12.4. The van der Waals surface area contributed by atoms with Gasteiger partial charge in [-0.1, -0.05) is 30.2 Å². The van der Waals surface area contributed by atoms with Crippen molar-refractivity contribution in [3.63, 3.8) is 0 Å². The van der Waals surface area contributed by atoms with E-state index < -0.39 is 0 Å². The number of para-hydroxylation sites is 1. The van der Waals surface area contributed by atoms with Crippen molar-refractivity contribution in [2.75, 3.05) is 18.4 Å². The van der Waals surface area contributed by atoms with Crippen LogP contribution in [-0.4, -0.2) is 34.7 Å². The Labute approximate surface area is 189 Å². The molecule has 2 aromatic carbocycles. The molecule has 7 heteroatoms. The molecule has 3 N–H and O–H groups in total. The lowest BCUT2D eigenvalue weighted by molar-refractivity contribution is -0.115. The number of guanidine groups is 1. The SMILES string of the molecule is C#Cc1cccc(NC(=O)CNC(=NCc2ccccc2-n2nc(C)cc2C)NCC)c1. The number of benzene rings is 2. The summed E-state index contributed by atoms with van der Waals surface area (Å²) < 4.78 is 1.93. The second-order valence-electron chi connectivity index (χ2n) is 7.29. The minimum atomic E-state index is -0.187. The number of aliphatic imine (C=N–C) groups is 1. The molecule has 0 aliphatic heterocycles. The largest absolute Gasteiger partial charge is 0.357 e. The monoisotopic (exact) mass is 428 g/mol. The van der Waals surface area contributed by atoms with Crippen molar-refractivity contribution in [2.45, 2.75) is 27.3 Å². The highest BCUT2D eigenvalue weighted by atomic mass is 16.1. The van der Waals surface area contributed by atoms with Crippen LogP contribution in [0.3, 0.4) is 0 Å². The Morgan fingerprint density at radius 3 is 2.66 bits per heavy atom. The van der Waals surface area contributed by atoms with Gasteiger partial charge in [-0.3, -0.25) is 4.79 Å². The Hall–Kier alpha value is -4.05. The van der Waals surface area contributed by atoms with Crippen LogP contribution >= 0.6 is 0 Å². The normalized spacial score (nSPS) is 11.0. The highest BCUT2D eigenvalue weighted by Gasteiger charge is 2.09. The van der Waals surface area contributed by atoms with E-state index in [0.717, 1.165) is 22.6 Å². The third-order valence-electron chi connectivity index (χ3n) is 4.71. The maximum Gasteiger partial charge on any atom is 0.243 e. The van der Waals surface area contributed by atoms with Crippen LogP contribution < -0.4 is 16.0 Å². The van der Waals surface area contributed by atoms with Crippen molar-refractivity contribution in [2.24, 2.45) is 4.99 Å². The Balaban J connectivity index is 1.67. The summed E-state index contributed by atoms with van der Waals surface area (Å²) in [6, 6.07) is 17.3. The lowest BCUT2D eigenvalue weighted by Gasteiger charge is -2.13. The molecule has 7 nitrogen and oxygen atoms in total. The van der Waals surface area contributed by atoms with Gasteiger partial charge in [0, 0.05) is 23.5 Å². The third-order valence-corrected chi connectivity index (χ3v) is 4.71. The van der Waals surface area contributed by atoms with Gasteiger partial charge in [0.05, 0.1) is 24.5 Å². The molecule has 3 aromatic rings. The number of aryl methyl sites for hydroxylation is 2. The number of amides is 1. The number of rotatable bonds is 7. The van der Waals surface area contributed by atoms with Crippen LogP contribution in [0.1, 0.15) is 29.4 Å². The Morgan fingerprint density at radius 2 is 1.94 bits per heavy atom. The summed E-state index contributed by atoms with van der Waals surface area (Å²) in [5, 5.41) is 13.7. The number of nitrogens with zero attached hydrogens (tertiary/aromatic N) is 3. The third kappa shape index (κ3) is 5.99. The molecule has 3 rings (SSSR count). The molecule has 0 aliphatic rings. The molecular formula is C25H28N6O. The highest BCUT2D eigenvalue weighted by Crippen LogP contribution is 2.17. The van der Waals surface area contributed by atoms with Crippen molar-refractivity contribution in [1.82, 2.24) is 20.4 Å². The second kappa shape index (κ2) is 10.8. The molecule has 0 radical (unpaired) electrons. The van der Waals surface area contributed by atoms with Crippen LogP contribution in [0.25, 0.3) is 5.69 Å². The fourth-order valence-electron chi connectivity index (χ4n) is 3.29. The van der Waals surface area contributed by atoms with Crippen molar-refractivity contribution in [1.29, 1.82) is 0 Å². The van der Waals surface area contributed by atoms with E-state index in [1.807, 2.05) is 67.9 Å². The second-order valence-corrected chi connectivity index (χ2v) is 7.29. The number of terminal acetylenes is 1. The molecule has 0 atom stereocenters. The number of aromatic nitrogens is 2. The number of carbonyl (C=O) groups is 1. The van der Waals surface area contributed by atoms with Crippen LogP contribution in [0.15, 0.2) is 59.6 Å². The van der Waals surface area contributed by atoms with E-state index in [9.17, 15) is 4.79 Å². The van der Waals surface area contributed by atoms with E-state index in [1.54, 1.807) is 12.1 Å². The predicted molar refractivity (Wildman–Crippen MR) is 129 cm³/mol. The van der Waals surface area contributed by atoms with E-state index in [-0.39, 0.29) is 12.5 Å². The van der Waals surface area contributed by atoms with E-state index in [2.05, 4.69) is 32.0 Å². The summed E-state index contributed by atoms with van der Waals surface area (Å²) >= 11 is 0. The number of hydrogen-bond donors (Lipinski definition) is 3. The molecular weight excluding hydrogens is 400 g/mol. The van der Waals surface area contributed by atoms with E-state index in [0.29, 0.717) is 30.3 Å². The van der Waals surface area contributed by atoms with Gasteiger partial charge in [-0.05, 0) is 56.7 Å². The van der Waals surface area contributed by atoms with E-state index in [1.165, 1.54) is 0 Å². The van der Waals surface area contributed by atoms with Crippen molar-refractivity contribution >= 4 is 17.6 Å². The topological polar surface area (TPSA) is 83.3 Å². The summed E-state index contributed by atoms with van der Waals surface area (Å²) in [5.74, 6) is 2.93. The summed E-state index contributed by atoms with van der Waals surface area (Å²) in [6.07, 6.45) is 5.42. The Morgan fingerprint density at radius 1 is 1.12 bits per heavy atom. The molecule has 1 amide bonds. The van der Waals surface area contributed by atoms with Crippen LogP contribution in [0.2, 0.25) is 0 Å². The smallest absolute Gasteiger partial charge is 0.243 e. The first-order valence-electron chi connectivity index (χ1n) is 10.5. The van der Waals surface area contributed by atoms with E-state index >= 15 is 0 Å². The minimum Gasteiger partial charge on any atom is -0.357 e. The molecule has 0 bridgehead atoms. The molecule has 164 valence electrons. The van der Waals surface area contributed by atoms with Gasteiger partial charge in [-0.2, -0.15) is 5.10 Å². The summed E-state index contributed by atoms with van der Waals surface area (Å²) in [7, 11) is 0. The fraction of sp³-hybridized carbons (Fsp3) is 0.240. The molecule has 0 aliphatic carbocycles. The van der Waals surface area contributed by atoms with Crippen molar-refractivity contribution < 1.29 is 4.79 Å². The van der Waals surface area contributed by atoms with Gasteiger partial charge in [0.1, 0.15) is 0 Å². The Bertz CT molecular complexity index is 1160. The quantitative estimate of drug-likeness (QED) is 0.307. The van der Waals surface area contributed by atoms with Crippen LogP contribution in [0.4, 0.5) is 5.69 Å². The first kappa shape index (κ1) is 22.6. The lowest BCUT2D eigenvalue weighted by atomic mass is 10.2. The first-order valence-corrected chi connectivity index (χ1v) is 10.5. The summed E-state index contributed by atoms with van der Waals surface area (Å²) in [5.41, 5.74) is 5.43. The zero-order valence-corrected chi connectivity index (χ0v) is 18.6. The molecule has 0 saturated heterocycles.